The second kappa shape index (κ2) is 4.05. The summed E-state index contributed by atoms with van der Waals surface area (Å²) in [6.45, 7) is 1.63. The van der Waals surface area contributed by atoms with Crippen molar-refractivity contribution in [2.75, 3.05) is 23.8 Å². The fraction of sp³-hybridized carbons (Fsp3) is 0.500. The predicted octanol–water partition coefficient (Wildman–Crippen LogP) is 0.489. The summed E-state index contributed by atoms with van der Waals surface area (Å²) in [5.41, 5.74) is 0.869. The maximum absolute atomic E-state index is 5.32. The minimum atomic E-state index is 0.426. The molecule has 0 amide bonds. The molecular weight excluding hydrogens is 206 g/mol. The van der Waals surface area contributed by atoms with E-state index in [0.717, 1.165) is 37.6 Å². The van der Waals surface area contributed by atoms with Gasteiger partial charge in [-0.25, -0.2) is 0 Å². The molecule has 0 bridgehead atoms. The number of nitrogens with one attached hydrogen (secondary N) is 2. The van der Waals surface area contributed by atoms with Crippen LogP contribution in [0.15, 0.2) is 6.33 Å². The summed E-state index contributed by atoms with van der Waals surface area (Å²) in [4.78, 5) is 12.4. The highest BCUT2D eigenvalue weighted by molar-refractivity contribution is 5.93. The van der Waals surface area contributed by atoms with Crippen LogP contribution in [0.2, 0.25) is 0 Å². The lowest BCUT2D eigenvalue weighted by molar-refractivity contribution is 0.0904. The zero-order valence-electron chi connectivity index (χ0n) is 8.81. The molecule has 6 nitrogen and oxygen atoms in total. The molecule has 83 valence electrons. The highest BCUT2D eigenvalue weighted by Crippen LogP contribution is 2.28. The van der Waals surface area contributed by atoms with E-state index >= 15 is 0 Å². The molecule has 0 saturated carbocycles. The summed E-state index contributed by atoms with van der Waals surface area (Å²) < 4.78 is 5.32. The monoisotopic (exact) mass is 219 g/mol. The van der Waals surface area contributed by atoms with Crippen LogP contribution in [0.5, 0.6) is 0 Å². The second-order valence-corrected chi connectivity index (χ2v) is 3.85. The van der Waals surface area contributed by atoms with E-state index in [2.05, 4.69) is 25.6 Å². The van der Waals surface area contributed by atoms with E-state index in [0.29, 0.717) is 11.9 Å². The first-order valence-electron chi connectivity index (χ1n) is 5.42. The van der Waals surface area contributed by atoms with Gasteiger partial charge in [0.2, 0.25) is 12.0 Å². The summed E-state index contributed by atoms with van der Waals surface area (Å²) in [5.74, 6) is 1.53. The maximum atomic E-state index is 5.32. The van der Waals surface area contributed by atoms with Crippen molar-refractivity contribution in [3.8, 4) is 0 Å². The zero-order chi connectivity index (χ0) is 10.8. The average molecular weight is 219 g/mol. The molecule has 1 saturated heterocycles. The van der Waals surface area contributed by atoms with E-state index in [1.165, 1.54) is 6.33 Å². The number of aliphatic imine (C=N–C) groups is 1. The molecule has 3 heterocycles. The normalized spacial score (nSPS) is 19.2. The highest BCUT2D eigenvalue weighted by Gasteiger charge is 2.24. The van der Waals surface area contributed by atoms with Crippen molar-refractivity contribution in [1.82, 2.24) is 15.0 Å². The fourth-order valence-corrected chi connectivity index (χ4v) is 1.91. The van der Waals surface area contributed by atoms with Gasteiger partial charge >= 0.3 is 5.82 Å². The van der Waals surface area contributed by atoms with Crippen LogP contribution in [-0.2, 0) is 4.74 Å². The summed E-state index contributed by atoms with van der Waals surface area (Å²) in [6, 6.07) is 0.426. The molecule has 0 aliphatic carbocycles. The van der Waals surface area contributed by atoms with Crippen LogP contribution >= 0.6 is 0 Å². The quantitative estimate of drug-likeness (QED) is 0.757. The third kappa shape index (κ3) is 1.71. The topological polar surface area (TPSA) is 73.2 Å². The van der Waals surface area contributed by atoms with Crippen molar-refractivity contribution in [1.29, 1.82) is 0 Å². The molecule has 2 N–H and O–H groups in total. The maximum Gasteiger partial charge on any atom is 0.341 e. The van der Waals surface area contributed by atoms with Crippen molar-refractivity contribution in [2.24, 2.45) is 0 Å². The first kappa shape index (κ1) is 9.53. The van der Waals surface area contributed by atoms with E-state index in [9.17, 15) is 0 Å². The minimum Gasteiger partial charge on any atom is -0.381 e. The number of hydrogen-bond donors (Lipinski definition) is 2. The predicted molar refractivity (Wildman–Crippen MR) is 61.0 cm³/mol. The molecule has 1 aromatic heterocycles. The van der Waals surface area contributed by atoms with Crippen molar-refractivity contribution in [3.05, 3.63) is 6.33 Å². The van der Waals surface area contributed by atoms with Crippen molar-refractivity contribution in [2.45, 2.75) is 18.9 Å². The Morgan fingerprint density at radius 2 is 2.25 bits per heavy atom. The molecule has 1 fully saturated rings. The van der Waals surface area contributed by atoms with Gasteiger partial charge in [-0.1, -0.05) is 9.98 Å². The number of anilines is 2. The first-order chi connectivity index (χ1) is 7.93. The van der Waals surface area contributed by atoms with Gasteiger partial charge in [0.1, 0.15) is 0 Å². The summed E-state index contributed by atoms with van der Waals surface area (Å²) in [5, 5.41) is 6.46. The third-order valence-corrected chi connectivity index (χ3v) is 2.79. The Balaban J connectivity index is 1.77. The molecule has 3 rings (SSSR count). The van der Waals surface area contributed by atoms with Crippen molar-refractivity contribution >= 4 is 23.7 Å². The Morgan fingerprint density at radius 1 is 1.38 bits per heavy atom. The molecule has 2 aliphatic heterocycles. The lowest BCUT2D eigenvalue weighted by Gasteiger charge is -2.23. The molecule has 2 aliphatic rings. The number of aromatic nitrogens is 2. The molecule has 16 heavy (non-hydrogen) atoms. The van der Waals surface area contributed by atoms with Gasteiger partial charge in [0.25, 0.3) is 0 Å². The van der Waals surface area contributed by atoms with Gasteiger partial charge in [0.15, 0.2) is 12.1 Å². The number of ether oxygens (including phenoxy) is 1. The summed E-state index contributed by atoms with van der Waals surface area (Å²) >= 11 is 0. The second-order valence-electron chi connectivity index (χ2n) is 3.85. The third-order valence-electron chi connectivity index (χ3n) is 2.79. The molecular formula is C10H13N5O+. The molecule has 0 unspecified atom stereocenters. The minimum absolute atomic E-state index is 0.426. The van der Waals surface area contributed by atoms with Crippen LogP contribution in [0.1, 0.15) is 12.8 Å². The Morgan fingerprint density at radius 3 is 3.12 bits per heavy atom. The lowest BCUT2D eigenvalue weighted by atomic mass is 10.1. The van der Waals surface area contributed by atoms with E-state index in [4.69, 9.17) is 4.74 Å². The number of hydrogen-bond acceptors (Lipinski definition) is 6. The molecule has 6 heteroatoms. The van der Waals surface area contributed by atoms with Gasteiger partial charge in [0.05, 0.1) is 0 Å². The lowest BCUT2D eigenvalue weighted by Crippen LogP contribution is -2.28. The van der Waals surface area contributed by atoms with Crippen LogP contribution in [-0.4, -0.2) is 35.6 Å². The fourth-order valence-electron chi connectivity index (χ4n) is 1.91. The number of fused-ring (bicyclic) bond motifs is 1. The van der Waals surface area contributed by atoms with Gasteiger partial charge in [-0.15, -0.1) is 0 Å². The Hall–Kier alpha value is -1.69. The van der Waals surface area contributed by atoms with E-state index in [1.54, 1.807) is 6.34 Å². The van der Waals surface area contributed by atoms with E-state index in [1.807, 2.05) is 0 Å². The average Bonchev–Trinajstić information content (AvgIpc) is 2.80. The summed E-state index contributed by atoms with van der Waals surface area (Å²) in [6.07, 6.45) is 5.19. The summed E-state index contributed by atoms with van der Waals surface area (Å²) in [7, 11) is 0. The first-order valence-corrected chi connectivity index (χ1v) is 5.42. The molecule has 0 spiro atoms. The van der Waals surface area contributed by atoms with Gasteiger partial charge in [-0.3, -0.25) is 5.32 Å². The molecule has 1 aromatic rings. The number of rotatable bonds is 2. The van der Waals surface area contributed by atoms with Crippen LogP contribution in [0.4, 0.5) is 17.3 Å². The smallest absolute Gasteiger partial charge is 0.341 e. The van der Waals surface area contributed by atoms with E-state index in [-0.39, 0.29) is 0 Å². The van der Waals surface area contributed by atoms with Gasteiger partial charge in [-0.05, 0) is 12.8 Å². The van der Waals surface area contributed by atoms with Crippen LogP contribution in [0.25, 0.3) is 0 Å². The standard InChI is InChI=1S/C10H13N5O/c1-3-16-4-2-7(1)15-10-8-9(12-5-11-8)13-6-14-10/h5-7,11H,1-4H2,(H,13,14,15)/q+1. The Labute approximate surface area is 93.2 Å². The molecule has 0 aromatic carbocycles. The van der Waals surface area contributed by atoms with Crippen molar-refractivity contribution in [3.63, 3.8) is 0 Å². The molecule has 0 atom stereocenters. The van der Waals surface area contributed by atoms with Crippen LogP contribution in [0, 0.1) is 0 Å². The SMILES string of the molecule is C1=[N+]c2ncnc(NC3CCOCC3)c2N1. The van der Waals surface area contributed by atoms with Gasteiger partial charge < -0.3 is 10.1 Å². The Bertz CT molecular complexity index is 414. The van der Waals surface area contributed by atoms with Crippen LogP contribution in [0.3, 0.4) is 0 Å². The van der Waals surface area contributed by atoms with Gasteiger partial charge in [-0.2, -0.15) is 4.98 Å². The number of nitrogens with zero attached hydrogens (tertiary/aromatic N) is 3. The van der Waals surface area contributed by atoms with E-state index < -0.39 is 0 Å². The molecule has 1 radical (unpaired) electrons. The van der Waals surface area contributed by atoms with Crippen molar-refractivity contribution < 1.29 is 4.74 Å². The highest BCUT2D eigenvalue weighted by atomic mass is 16.5. The largest absolute Gasteiger partial charge is 0.381 e. The Kier molecular flexibility index (Phi) is 2.41. The van der Waals surface area contributed by atoms with Gasteiger partial charge in [0, 0.05) is 19.3 Å². The zero-order valence-corrected chi connectivity index (χ0v) is 8.81. The van der Waals surface area contributed by atoms with Crippen LogP contribution < -0.4 is 15.6 Å².